The summed E-state index contributed by atoms with van der Waals surface area (Å²) in [4.78, 5) is 24.2. The number of para-hydroxylation sites is 2. The van der Waals surface area contributed by atoms with Gasteiger partial charge in [0.25, 0.3) is 10.0 Å². The Labute approximate surface area is 185 Å². The maximum atomic E-state index is 13.6. The molecule has 3 aromatic rings. The summed E-state index contributed by atoms with van der Waals surface area (Å²) < 4.78 is 50.8. The van der Waals surface area contributed by atoms with E-state index in [1.54, 1.807) is 24.3 Å². The number of hydrogen-bond donors (Lipinski definition) is 0. The normalized spacial score (nSPS) is 11.0. The lowest BCUT2D eigenvalue weighted by Crippen LogP contribution is -2.27. The minimum absolute atomic E-state index is 0.0465. The Morgan fingerprint density at radius 1 is 0.938 bits per heavy atom. The van der Waals surface area contributed by atoms with Crippen molar-refractivity contribution >= 4 is 27.5 Å². The van der Waals surface area contributed by atoms with E-state index in [0.717, 1.165) is 10.4 Å². The van der Waals surface area contributed by atoms with E-state index >= 15 is 0 Å². The second kappa shape index (κ2) is 9.61. The fourth-order valence-corrected chi connectivity index (χ4v) is 4.13. The molecule has 9 heteroatoms. The zero-order chi connectivity index (χ0) is 23.3. The van der Waals surface area contributed by atoms with Crippen LogP contribution >= 0.6 is 0 Å². The molecule has 0 radical (unpaired) electrons. The Kier molecular flexibility index (Phi) is 6.89. The summed E-state index contributed by atoms with van der Waals surface area (Å²) >= 11 is 0. The van der Waals surface area contributed by atoms with Crippen LogP contribution in [0.1, 0.15) is 20.7 Å². The van der Waals surface area contributed by atoms with Gasteiger partial charge < -0.3 is 9.47 Å². The highest BCUT2D eigenvalue weighted by Crippen LogP contribution is 2.30. The van der Waals surface area contributed by atoms with Crippen LogP contribution < -0.4 is 9.04 Å². The number of rotatable bonds is 8. The van der Waals surface area contributed by atoms with Crippen LogP contribution in [0.15, 0.2) is 77.7 Å². The molecular formula is C23H20FNO6S. The van der Waals surface area contributed by atoms with Crippen LogP contribution in [0.5, 0.6) is 5.75 Å². The molecule has 0 fully saturated rings. The molecular weight excluding hydrogens is 437 g/mol. The van der Waals surface area contributed by atoms with Gasteiger partial charge in [0.15, 0.2) is 6.61 Å². The van der Waals surface area contributed by atoms with Gasteiger partial charge in [-0.1, -0.05) is 24.3 Å². The second-order valence-corrected chi connectivity index (χ2v) is 8.62. The molecule has 0 aromatic heterocycles. The zero-order valence-corrected chi connectivity index (χ0v) is 18.1. The molecule has 0 spiro atoms. The monoisotopic (exact) mass is 457 g/mol. The quantitative estimate of drug-likeness (QED) is 0.379. The molecule has 0 aliphatic carbocycles. The molecule has 0 amide bonds. The Balaban J connectivity index is 1.72. The summed E-state index contributed by atoms with van der Waals surface area (Å²) in [6, 6.07) is 17.1. The number of methoxy groups -OCH3 is 1. The van der Waals surface area contributed by atoms with Crippen molar-refractivity contribution in [2.45, 2.75) is 4.90 Å². The minimum Gasteiger partial charge on any atom is -0.495 e. The van der Waals surface area contributed by atoms with Gasteiger partial charge in [0.2, 0.25) is 5.78 Å². The van der Waals surface area contributed by atoms with Crippen LogP contribution in [0.3, 0.4) is 0 Å². The smallest absolute Gasteiger partial charge is 0.338 e. The largest absolute Gasteiger partial charge is 0.495 e. The first-order valence-corrected chi connectivity index (χ1v) is 10.9. The van der Waals surface area contributed by atoms with Crippen molar-refractivity contribution in [3.8, 4) is 5.75 Å². The number of carbonyl (C=O) groups is 2. The lowest BCUT2D eigenvalue weighted by Gasteiger charge is -2.21. The lowest BCUT2D eigenvalue weighted by molar-refractivity contribution is 0.0473. The number of hydrogen-bond acceptors (Lipinski definition) is 6. The zero-order valence-electron chi connectivity index (χ0n) is 17.3. The summed E-state index contributed by atoms with van der Waals surface area (Å²) in [7, 11) is -1.09. The first kappa shape index (κ1) is 23.0. The molecule has 0 atom stereocenters. The molecule has 0 saturated heterocycles. The highest BCUT2D eigenvalue weighted by Gasteiger charge is 2.24. The predicted octanol–water partition coefficient (Wildman–Crippen LogP) is 3.70. The molecule has 0 saturated carbocycles. The van der Waals surface area contributed by atoms with Gasteiger partial charge in [0.05, 0.1) is 28.8 Å². The van der Waals surface area contributed by atoms with Gasteiger partial charge in [-0.15, -0.1) is 0 Å². The number of sulfonamides is 1. The number of esters is 1. The molecule has 166 valence electrons. The Morgan fingerprint density at radius 2 is 1.56 bits per heavy atom. The molecule has 3 rings (SSSR count). The van der Waals surface area contributed by atoms with Crippen LogP contribution in [0.2, 0.25) is 0 Å². The maximum Gasteiger partial charge on any atom is 0.338 e. The van der Waals surface area contributed by atoms with Crippen LogP contribution in [0.25, 0.3) is 0 Å². The Bertz CT molecular complexity index is 1240. The topological polar surface area (TPSA) is 90.0 Å². The van der Waals surface area contributed by atoms with Crippen molar-refractivity contribution < 1.29 is 31.9 Å². The SMILES string of the molecule is COc1ccccc1N(C)S(=O)(=O)c1ccc(C(=O)OCC(=O)c2ccccc2F)cc1. The minimum atomic E-state index is -3.93. The fourth-order valence-electron chi connectivity index (χ4n) is 2.92. The number of ether oxygens (including phenoxy) is 2. The number of ketones is 1. The van der Waals surface area contributed by atoms with E-state index < -0.39 is 34.2 Å². The lowest BCUT2D eigenvalue weighted by atomic mass is 10.1. The molecule has 0 heterocycles. The summed E-state index contributed by atoms with van der Waals surface area (Å²) in [6.45, 7) is -0.643. The van der Waals surface area contributed by atoms with Crippen molar-refractivity contribution in [2.75, 3.05) is 25.1 Å². The standard InChI is InChI=1S/C23H20FNO6S/c1-25(20-9-5-6-10-22(20)30-2)32(28,29)17-13-11-16(12-14-17)23(27)31-15-21(26)18-7-3-4-8-19(18)24/h3-14H,15H2,1-2H3. The van der Waals surface area contributed by atoms with Crippen molar-refractivity contribution in [1.29, 1.82) is 0 Å². The van der Waals surface area contributed by atoms with Crippen molar-refractivity contribution in [3.05, 3.63) is 89.7 Å². The molecule has 0 aliphatic heterocycles. The van der Waals surface area contributed by atoms with E-state index in [-0.39, 0.29) is 16.0 Å². The average molecular weight is 457 g/mol. The number of nitrogens with zero attached hydrogens (tertiary/aromatic N) is 1. The van der Waals surface area contributed by atoms with Crippen molar-refractivity contribution in [2.24, 2.45) is 0 Å². The number of benzene rings is 3. The van der Waals surface area contributed by atoms with Crippen molar-refractivity contribution in [1.82, 2.24) is 0 Å². The molecule has 0 N–H and O–H groups in total. The highest BCUT2D eigenvalue weighted by molar-refractivity contribution is 7.92. The average Bonchev–Trinajstić information content (AvgIpc) is 2.82. The molecule has 3 aromatic carbocycles. The first-order valence-electron chi connectivity index (χ1n) is 9.42. The summed E-state index contributed by atoms with van der Waals surface area (Å²) in [5, 5.41) is 0. The first-order chi connectivity index (χ1) is 15.3. The summed E-state index contributed by atoms with van der Waals surface area (Å²) in [5.41, 5.74) is 0.219. The highest BCUT2D eigenvalue weighted by atomic mass is 32.2. The number of halogens is 1. The number of Topliss-reactive ketones (excluding diaryl/α,β-unsaturated/α-hetero) is 1. The van der Waals surface area contributed by atoms with E-state index in [9.17, 15) is 22.4 Å². The predicted molar refractivity (Wildman–Crippen MR) is 116 cm³/mol. The van der Waals surface area contributed by atoms with E-state index in [2.05, 4.69) is 0 Å². The molecule has 0 aliphatic rings. The third-order valence-electron chi connectivity index (χ3n) is 4.68. The van der Waals surface area contributed by atoms with E-state index in [4.69, 9.17) is 9.47 Å². The maximum absolute atomic E-state index is 13.6. The summed E-state index contributed by atoms with van der Waals surface area (Å²) in [5.74, 6) is -1.84. The van der Waals surface area contributed by atoms with E-state index in [0.29, 0.717) is 11.4 Å². The third-order valence-corrected chi connectivity index (χ3v) is 6.47. The van der Waals surface area contributed by atoms with Crippen molar-refractivity contribution in [3.63, 3.8) is 0 Å². The van der Waals surface area contributed by atoms with Crippen LogP contribution in [-0.4, -0.2) is 40.9 Å². The Morgan fingerprint density at radius 3 is 2.22 bits per heavy atom. The molecule has 0 unspecified atom stereocenters. The van der Waals surface area contributed by atoms with Gasteiger partial charge in [-0.3, -0.25) is 9.10 Å². The molecule has 7 nitrogen and oxygen atoms in total. The molecule has 0 bridgehead atoms. The summed E-state index contributed by atoms with van der Waals surface area (Å²) in [6.07, 6.45) is 0. The third kappa shape index (κ3) is 4.78. The Hall–Kier alpha value is -3.72. The van der Waals surface area contributed by atoms with Gasteiger partial charge >= 0.3 is 5.97 Å². The molecule has 32 heavy (non-hydrogen) atoms. The van der Waals surface area contributed by atoms with Crippen LogP contribution in [-0.2, 0) is 14.8 Å². The van der Waals surface area contributed by atoms with Gasteiger partial charge in [-0.2, -0.15) is 0 Å². The fraction of sp³-hybridized carbons (Fsp3) is 0.130. The van der Waals surface area contributed by atoms with Crippen LogP contribution in [0, 0.1) is 5.82 Å². The van der Waals surface area contributed by atoms with Gasteiger partial charge in [-0.25, -0.2) is 17.6 Å². The van der Waals surface area contributed by atoms with E-state index in [1.165, 1.54) is 56.6 Å². The number of carbonyl (C=O) groups excluding carboxylic acids is 2. The number of anilines is 1. The van der Waals surface area contributed by atoms with Gasteiger partial charge in [0.1, 0.15) is 11.6 Å². The van der Waals surface area contributed by atoms with E-state index in [1.807, 2.05) is 0 Å². The second-order valence-electron chi connectivity index (χ2n) is 6.65. The van der Waals surface area contributed by atoms with Gasteiger partial charge in [0, 0.05) is 7.05 Å². The van der Waals surface area contributed by atoms with Crippen LogP contribution in [0.4, 0.5) is 10.1 Å². The van der Waals surface area contributed by atoms with Gasteiger partial charge in [-0.05, 0) is 48.5 Å².